The quantitative estimate of drug-likeness (QED) is 0.869. The third-order valence-electron chi connectivity index (χ3n) is 4.23. The second kappa shape index (κ2) is 6.30. The van der Waals surface area contributed by atoms with Gasteiger partial charge in [0.05, 0.1) is 6.42 Å². The molecule has 1 aliphatic rings. The van der Waals surface area contributed by atoms with Crippen molar-refractivity contribution in [2.24, 2.45) is 5.92 Å². The molecule has 0 saturated carbocycles. The maximum Gasteiger partial charge on any atom is 0.226 e. The summed E-state index contributed by atoms with van der Waals surface area (Å²) >= 11 is 0. The molecule has 1 amide bonds. The highest BCUT2D eigenvalue weighted by Gasteiger charge is 2.21. The lowest BCUT2D eigenvalue weighted by atomic mass is 9.98. The highest BCUT2D eigenvalue weighted by Crippen LogP contribution is 2.19. The number of hydrogen-bond acceptors (Lipinski definition) is 2. The molecule has 116 valence electrons. The predicted octanol–water partition coefficient (Wildman–Crippen LogP) is 2.29. The van der Waals surface area contributed by atoms with Crippen molar-refractivity contribution in [3.8, 4) is 0 Å². The summed E-state index contributed by atoms with van der Waals surface area (Å²) in [6.07, 6.45) is 6.09. The van der Waals surface area contributed by atoms with E-state index < -0.39 is 0 Å². The molecule has 0 spiro atoms. The van der Waals surface area contributed by atoms with Crippen molar-refractivity contribution in [3.63, 3.8) is 0 Å². The van der Waals surface area contributed by atoms with Gasteiger partial charge < -0.3 is 9.47 Å². The van der Waals surface area contributed by atoms with E-state index in [4.69, 9.17) is 0 Å². The van der Waals surface area contributed by atoms with E-state index in [-0.39, 0.29) is 18.1 Å². The van der Waals surface area contributed by atoms with Crippen LogP contribution >= 0.6 is 0 Å². The van der Waals surface area contributed by atoms with Crippen LogP contribution in [0.25, 0.3) is 0 Å². The lowest BCUT2D eigenvalue weighted by molar-refractivity contribution is -0.129. The molecule has 1 aromatic heterocycles. The van der Waals surface area contributed by atoms with Crippen LogP contribution in [0, 0.1) is 11.7 Å². The molecule has 2 heterocycles. The molecule has 0 saturated heterocycles. The minimum Gasteiger partial charge on any atom is -0.345 e. The number of aryl methyl sites for hydroxylation is 1. The maximum atomic E-state index is 13.2. The van der Waals surface area contributed by atoms with E-state index in [1.165, 1.54) is 12.1 Å². The highest BCUT2D eigenvalue weighted by molar-refractivity contribution is 5.78. The molecule has 1 unspecified atom stereocenters. The van der Waals surface area contributed by atoms with Crippen LogP contribution in [0.1, 0.15) is 17.8 Å². The topological polar surface area (TPSA) is 38.1 Å². The first kappa shape index (κ1) is 14.8. The Bertz CT molecular complexity index is 667. The molecule has 0 fully saturated rings. The third-order valence-corrected chi connectivity index (χ3v) is 4.23. The minimum absolute atomic E-state index is 0.0297. The number of imidazole rings is 1. The summed E-state index contributed by atoms with van der Waals surface area (Å²) in [4.78, 5) is 18.4. The maximum absolute atomic E-state index is 13.2. The fourth-order valence-electron chi connectivity index (χ4n) is 3.03. The molecule has 0 radical (unpaired) electrons. The normalized spacial score (nSPS) is 17.1. The van der Waals surface area contributed by atoms with Crippen molar-refractivity contribution in [1.82, 2.24) is 14.5 Å². The summed E-state index contributed by atoms with van der Waals surface area (Å²) < 4.78 is 15.3. The van der Waals surface area contributed by atoms with Crippen LogP contribution in [0.2, 0.25) is 0 Å². The highest BCUT2D eigenvalue weighted by atomic mass is 19.1. The van der Waals surface area contributed by atoms with Gasteiger partial charge in [0.1, 0.15) is 11.6 Å². The Morgan fingerprint density at radius 3 is 3.18 bits per heavy atom. The van der Waals surface area contributed by atoms with Gasteiger partial charge in [-0.15, -0.1) is 0 Å². The number of nitrogens with zero attached hydrogens (tertiary/aromatic N) is 3. The first-order valence-electron chi connectivity index (χ1n) is 7.60. The van der Waals surface area contributed by atoms with Gasteiger partial charge in [-0.1, -0.05) is 12.1 Å². The molecule has 1 atom stereocenters. The second-order valence-electron chi connectivity index (χ2n) is 5.98. The van der Waals surface area contributed by atoms with Gasteiger partial charge in [0.25, 0.3) is 0 Å². The summed E-state index contributed by atoms with van der Waals surface area (Å²) in [5.74, 6) is 1.31. The van der Waals surface area contributed by atoms with Crippen LogP contribution in [-0.4, -0.2) is 34.0 Å². The van der Waals surface area contributed by atoms with Crippen molar-refractivity contribution in [2.75, 3.05) is 13.6 Å². The SMILES string of the molecule is CN(CC1CCc2nccn2C1)C(=O)Cc1cccc(F)c1. The number of fused-ring (bicyclic) bond motifs is 1. The molecule has 0 bridgehead atoms. The van der Waals surface area contributed by atoms with E-state index in [9.17, 15) is 9.18 Å². The third kappa shape index (κ3) is 3.35. The fraction of sp³-hybridized carbons (Fsp3) is 0.412. The molecule has 0 N–H and O–H groups in total. The van der Waals surface area contributed by atoms with Crippen molar-refractivity contribution in [2.45, 2.75) is 25.8 Å². The van der Waals surface area contributed by atoms with Crippen molar-refractivity contribution < 1.29 is 9.18 Å². The Labute approximate surface area is 129 Å². The molecule has 1 aliphatic heterocycles. The van der Waals surface area contributed by atoms with E-state index >= 15 is 0 Å². The smallest absolute Gasteiger partial charge is 0.226 e. The van der Waals surface area contributed by atoms with Crippen LogP contribution in [-0.2, 0) is 24.2 Å². The van der Waals surface area contributed by atoms with Crippen LogP contribution in [0.4, 0.5) is 4.39 Å². The van der Waals surface area contributed by atoms with Gasteiger partial charge in [-0.3, -0.25) is 4.79 Å². The van der Waals surface area contributed by atoms with Crippen molar-refractivity contribution in [1.29, 1.82) is 0 Å². The largest absolute Gasteiger partial charge is 0.345 e. The minimum atomic E-state index is -0.298. The summed E-state index contributed by atoms with van der Waals surface area (Å²) in [5.41, 5.74) is 0.720. The molecule has 1 aromatic carbocycles. The molecular weight excluding hydrogens is 281 g/mol. The fourth-order valence-corrected chi connectivity index (χ4v) is 3.03. The number of hydrogen-bond donors (Lipinski definition) is 0. The van der Waals surface area contributed by atoms with Gasteiger partial charge in [-0.05, 0) is 30.0 Å². The van der Waals surface area contributed by atoms with Crippen LogP contribution < -0.4 is 0 Å². The molecule has 22 heavy (non-hydrogen) atoms. The van der Waals surface area contributed by atoms with Crippen LogP contribution in [0.3, 0.4) is 0 Å². The van der Waals surface area contributed by atoms with Gasteiger partial charge >= 0.3 is 0 Å². The van der Waals surface area contributed by atoms with E-state index in [1.54, 1.807) is 17.0 Å². The summed E-state index contributed by atoms with van der Waals surface area (Å²) in [6.45, 7) is 1.64. The zero-order valence-electron chi connectivity index (χ0n) is 12.7. The lowest BCUT2D eigenvalue weighted by Crippen LogP contribution is -2.36. The number of amides is 1. The Kier molecular flexibility index (Phi) is 4.22. The second-order valence-corrected chi connectivity index (χ2v) is 5.98. The Balaban J connectivity index is 1.55. The first-order chi connectivity index (χ1) is 10.6. The average Bonchev–Trinajstić information content (AvgIpc) is 2.94. The van der Waals surface area contributed by atoms with E-state index in [1.807, 2.05) is 19.4 Å². The summed E-state index contributed by atoms with van der Waals surface area (Å²) in [7, 11) is 1.82. The monoisotopic (exact) mass is 301 g/mol. The van der Waals surface area contributed by atoms with Gasteiger partial charge in [0.15, 0.2) is 0 Å². The van der Waals surface area contributed by atoms with E-state index in [0.717, 1.165) is 37.3 Å². The molecule has 5 heteroatoms. The van der Waals surface area contributed by atoms with Gasteiger partial charge in [-0.2, -0.15) is 0 Å². The van der Waals surface area contributed by atoms with Crippen molar-refractivity contribution in [3.05, 3.63) is 53.9 Å². The number of aromatic nitrogens is 2. The van der Waals surface area contributed by atoms with Gasteiger partial charge in [-0.25, -0.2) is 9.37 Å². The van der Waals surface area contributed by atoms with E-state index in [2.05, 4.69) is 9.55 Å². The molecular formula is C17H20FN3O. The molecule has 4 nitrogen and oxygen atoms in total. The summed E-state index contributed by atoms with van der Waals surface area (Å²) in [5, 5.41) is 0. The predicted molar refractivity (Wildman–Crippen MR) is 81.8 cm³/mol. The number of carbonyl (C=O) groups is 1. The van der Waals surface area contributed by atoms with E-state index in [0.29, 0.717) is 5.92 Å². The number of likely N-dealkylation sites (N-methyl/N-ethyl adjacent to an activating group) is 1. The zero-order valence-corrected chi connectivity index (χ0v) is 12.7. The van der Waals surface area contributed by atoms with Gasteiger partial charge in [0.2, 0.25) is 5.91 Å². The first-order valence-corrected chi connectivity index (χ1v) is 7.60. The van der Waals surface area contributed by atoms with Crippen molar-refractivity contribution >= 4 is 5.91 Å². The summed E-state index contributed by atoms with van der Waals surface area (Å²) in [6, 6.07) is 6.24. The van der Waals surface area contributed by atoms with Crippen LogP contribution in [0.15, 0.2) is 36.7 Å². The molecule has 3 rings (SSSR count). The molecule has 0 aliphatic carbocycles. The Hall–Kier alpha value is -2.17. The lowest BCUT2D eigenvalue weighted by Gasteiger charge is -2.28. The molecule has 2 aromatic rings. The number of rotatable bonds is 4. The van der Waals surface area contributed by atoms with Gasteiger partial charge in [0, 0.05) is 39.0 Å². The number of carbonyl (C=O) groups excluding carboxylic acids is 1. The Morgan fingerprint density at radius 2 is 2.36 bits per heavy atom. The Morgan fingerprint density at radius 1 is 1.50 bits per heavy atom. The number of halogens is 1. The number of benzene rings is 1. The standard InChI is InChI=1S/C17H20FN3O/c1-20(17(22)10-13-3-2-4-15(18)9-13)11-14-5-6-16-19-7-8-21(16)12-14/h2-4,7-9,14H,5-6,10-12H2,1H3. The zero-order chi connectivity index (χ0) is 15.5. The van der Waals surface area contributed by atoms with Crippen LogP contribution in [0.5, 0.6) is 0 Å². The average molecular weight is 301 g/mol.